The maximum Gasteiger partial charge on any atom is 0.251 e. The molecule has 9 heteroatoms. The van der Waals surface area contributed by atoms with Gasteiger partial charge in [0.25, 0.3) is 5.91 Å². The Kier molecular flexibility index (Phi) is 4.25. The van der Waals surface area contributed by atoms with E-state index in [0.717, 1.165) is 10.8 Å². The second-order valence-corrected chi connectivity index (χ2v) is 8.08. The molecule has 1 saturated heterocycles. The summed E-state index contributed by atoms with van der Waals surface area (Å²) in [5.74, 6) is -0.160. The summed E-state index contributed by atoms with van der Waals surface area (Å²) in [5, 5.41) is 1.86. The standard InChI is InChI=1S/C18H17N5O3S/c19-17(24)14-8-20-18(21-9-14)23-10-15(11-23)22-27(25,26)16-6-5-12-3-1-2-4-13(12)7-16/h1-9,15,22H,10-11H2,(H2,19,24). The van der Waals surface area contributed by atoms with E-state index >= 15 is 0 Å². The maximum absolute atomic E-state index is 12.6. The van der Waals surface area contributed by atoms with Crippen LogP contribution >= 0.6 is 0 Å². The normalized spacial score (nSPS) is 14.9. The molecule has 3 aromatic rings. The number of nitrogens with one attached hydrogen (secondary N) is 1. The SMILES string of the molecule is NC(=O)c1cnc(N2CC(NS(=O)(=O)c3ccc4ccccc4c3)C2)nc1. The molecule has 2 aromatic carbocycles. The van der Waals surface area contributed by atoms with E-state index in [1.807, 2.05) is 29.2 Å². The highest BCUT2D eigenvalue weighted by atomic mass is 32.2. The Labute approximate surface area is 156 Å². The summed E-state index contributed by atoms with van der Waals surface area (Å²) in [6.45, 7) is 0.894. The lowest BCUT2D eigenvalue weighted by Crippen LogP contribution is -2.59. The van der Waals surface area contributed by atoms with E-state index in [1.54, 1.807) is 18.2 Å². The molecule has 1 aliphatic heterocycles. The van der Waals surface area contributed by atoms with Gasteiger partial charge in [-0.2, -0.15) is 0 Å². The summed E-state index contributed by atoms with van der Waals surface area (Å²) < 4.78 is 28.0. The first-order chi connectivity index (χ1) is 12.9. The van der Waals surface area contributed by atoms with E-state index in [0.29, 0.717) is 19.0 Å². The van der Waals surface area contributed by atoms with E-state index < -0.39 is 15.9 Å². The van der Waals surface area contributed by atoms with Crippen LogP contribution in [0, 0.1) is 0 Å². The average Bonchev–Trinajstić information content (AvgIpc) is 2.64. The number of hydrogen-bond acceptors (Lipinski definition) is 6. The third-order valence-corrected chi connectivity index (χ3v) is 5.96. The van der Waals surface area contributed by atoms with Gasteiger partial charge in [-0.1, -0.05) is 30.3 Å². The van der Waals surface area contributed by atoms with Gasteiger partial charge in [-0.3, -0.25) is 4.79 Å². The molecular formula is C18H17N5O3S. The lowest BCUT2D eigenvalue weighted by atomic mass is 10.1. The highest BCUT2D eigenvalue weighted by Gasteiger charge is 2.32. The fourth-order valence-electron chi connectivity index (χ4n) is 2.95. The van der Waals surface area contributed by atoms with E-state index in [1.165, 1.54) is 12.4 Å². The number of carbonyl (C=O) groups is 1. The summed E-state index contributed by atoms with van der Waals surface area (Å²) >= 11 is 0. The highest BCUT2D eigenvalue weighted by molar-refractivity contribution is 7.89. The first kappa shape index (κ1) is 17.4. The van der Waals surface area contributed by atoms with Crippen molar-refractivity contribution in [1.82, 2.24) is 14.7 Å². The van der Waals surface area contributed by atoms with Crippen molar-refractivity contribution in [2.45, 2.75) is 10.9 Å². The van der Waals surface area contributed by atoms with Crippen molar-refractivity contribution < 1.29 is 13.2 Å². The minimum atomic E-state index is -3.61. The number of nitrogens with zero attached hydrogens (tertiary/aromatic N) is 3. The maximum atomic E-state index is 12.6. The number of sulfonamides is 1. The van der Waals surface area contributed by atoms with Crippen LogP contribution in [0.2, 0.25) is 0 Å². The average molecular weight is 383 g/mol. The second kappa shape index (κ2) is 6.60. The molecule has 0 aliphatic carbocycles. The molecule has 2 heterocycles. The van der Waals surface area contributed by atoms with E-state index in [9.17, 15) is 13.2 Å². The summed E-state index contributed by atoms with van der Waals surface area (Å²) in [6.07, 6.45) is 2.72. The number of hydrogen-bond donors (Lipinski definition) is 2. The van der Waals surface area contributed by atoms with Crippen LogP contribution in [0.5, 0.6) is 0 Å². The third-order valence-electron chi connectivity index (χ3n) is 4.44. The number of nitrogens with two attached hydrogens (primary N) is 1. The van der Waals surface area contributed by atoms with Gasteiger partial charge in [0.05, 0.1) is 16.5 Å². The topological polar surface area (TPSA) is 118 Å². The van der Waals surface area contributed by atoms with E-state index in [-0.39, 0.29) is 16.5 Å². The smallest absolute Gasteiger partial charge is 0.251 e. The molecule has 0 radical (unpaired) electrons. The number of primary amides is 1. The summed E-state index contributed by atoms with van der Waals surface area (Å²) in [7, 11) is -3.61. The molecule has 138 valence electrons. The van der Waals surface area contributed by atoms with Crippen molar-refractivity contribution in [1.29, 1.82) is 0 Å². The van der Waals surface area contributed by atoms with Crippen LogP contribution < -0.4 is 15.4 Å². The Morgan fingerprint density at radius 2 is 1.74 bits per heavy atom. The first-order valence-corrected chi connectivity index (χ1v) is 9.79. The number of fused-ring (bicyclic) bond motifs is 1. The molecule has 0 atom stereocenters. The predicted octanol–water partition coefficient (Wildman–Crippen LogP) is 0.896. The van der Waals surface area contributed by atoms with Crippen molar-refractivity contribution in [3.05, 3.63) is 60.4 Å². The molecule has 1 amide bonds. The van der Waals surface area contributed by atoms with Crippen molar-refractivity contribution in [3.63, 3.8) is 0 Å². The van der Waals surface area contributed by atoms with Crippen molar-refractivity contribution in [2.24, 2.45) is 5.73 Å². The highest BCUT2D eigenvalue weighted by Crippen LogP contribution is 2.21. The molecule has 3 N–H and O–H groups in total. The number of anilines is 1. The van der Waals surface area contributed by atoms with Gasteiger partial charge in [0.15, 0.2) is 0 Å². The Bertz CT molecular complexity index is 1110. The lowest BCUT2D eigenvalue weighted by molar-refractivity contribution is 0.0999. The van der Waals surface area contributed by atoms with E-state index in [4.69, 9.17) is 5.73 Å². The van der Waals surface area contributed by atoms with Crippen LogP contribution in [0.4, 0.5) is 5.95 Å². The number of amides is 1. The van der Waals surface area contributed by atoms with Gasteiger partial charge in [0.1, 0.15) is 0 Å². The number of aromatic nitrogens is 2. The second-order valence-electron chi connectivity index (χ2n) is 6.37. The molecule has 1 fully saturated rings. The van der Waals surface area contributed by atoms with E-state index in [2.05, 4.69) is 14.7 Å². The summed E-state index contributed by atoms with van der Waals surface area (Å²) in [6, 6.07) is 12.4. The monoisotopic (exact) mass is 383 g/mol. The Balaban J connectivity index is 1.43. The number of rotatable bonds is 5. The molecule has 1 aromatic heterocycles. The van der Waals surface area contributed by atoms with Crippen molar-refractivity contribution in [3.8, 4) is 0 Å². The van der Waals surface area contributed by atoms with Gasteiger partial charge in [-0.15, -0.1) is 0 Å². The molecule has 27 heavy (non-hydrogen) atoms. The Morgan fingerprint density at radius 1 is 1.07 bits per heavy atom. The lowest BCUT2D eigenvalue weighted by Gasteiger charge is -2.39. The molecule has 0 spiro atoms. The van der Waals surface area contributed by atoms with Crippen LogP contribution in [0.25, 0.3) is 10.8 Å². The molecule has 0 unspecified atom stereocenters. The van der Waals surface area contributed by atoms with Crippen LogP contribution in [0.15, 0.2) is 59.8 Å². The molecule has 1 aliphatic rings. The minimum absolute atomic E-state index is 0.229. The Hall–Kier alpha value is -3.04. The molecular weight excluding hydrogens is 366 g/mol. The minimum Gasteiger partial charge on any atom is -0.366 e. The van der Waals surface area contributed by atoms with Crippen LogP contribution in [0.1, 0.15) is 10.4 Å². The molecule has 0 saturated carbocycles. The summed E-state index contributed by atoms with van der Waals surface area (Å²) in [5.41, 5.74) is 5.39. The van der Waals surface area contributed by atoms with Crippen molar-refractivity contribution in [2.75, 3.05) is 18.0 Å². The predicted molar refractivity (Wildman–Crippen MR) is 101 cm³/mol. The van der Waals surface area contributed by atoms with Crippen LogP contribution in [-0.4, -0.2) is 43.4 Å². The fourth-order valence-corrected chi connectivity index (χ4v) is 4.20. The zero-order chi connectivity index (χ0) is 19.0. The zero-order valence-corrected chi connectivity index (χ0v) is 15.1. The quantitative estimate of drug-likeness (QED) is 0.676. The molecule has 0 bridgehead atoms. The van der Waals surface area contributed by atoms with Gasteiger partial charge in [0, 0.05) is 25.5 Å². The van der Waals surface area contributed by atoms with Crippen LogP contribution in [0.3, 0.4) is 0 Å². The van der Waals surface area contributed by atoms with Crippen molar-refractivity contribution >= 4 is 32.7 Å². The fraction of sp³-hybridized carbons (Fsp3) is 0.167. The largest absolute Gasteiger partial charge is 0.366 e. The van der Waals surface area contributed by atoms with Gasteiger partial charge >= 0.3 is 0 Å². The Morgan fingerprint density at radius 3 is 2.41 bits per heavy atom. The summed E-state index contributed by atoms with van der Waals surface area (Å²) in [4.78, 5) is 21.3. The van der Waals surface area contributed by atoms with Gasteiger partial charge in [-0.05, 0) is 22.9 Å². The third kappa shape index (κ3) is 3.46. The number of carbonyl (C=O) groups excluding carboxylic acids is 1. The molecule has 8 nitrogen and oxygen atoms in total. The first-order valence-electron chi connectivity index (χ1n) is 8.30. The van der Waals surface area contributed by atoms with Gasteiger partial charge < -0.3 is 10.6 Å². The zero-order valence-electron chi connectivity index (χ0n) is 14.2. The number of benzene rings is 2. The van der Waals surface area contributed by atoms with Gasteiger partial charge in [-0.25, -0.2) is 23.1 Å². The van der Waals surface area contributed by atoms with Gasteiger partial charge in [0.2, 0.25) is 16.0 Å². The molecule has 4 rings (SSSR count). The van der Waals surface area contributed by atoms with Crippen LogP contribution in [-0.2, 0) is 10.0 Å².